The molecule has 2 aromatic rings. The van der Waals surface area contributed by atoms with E-state index in [-0.39, 0.29) is 25.0 Å². The number of likely N-dealkylation sites (N-methyl/N-ethyl adjacent to an activating group) is 1. The maximum atomic E-state index is 13.1. The van der Waals surface area contributed by atoms with Crippen LogP contribution in [0.1, 0.15) is 38.3 Å². The number of hydrogen-bond donors (Lipinski definition) is 1. The molecule has 0 spiro atoms. The van der Waals surface area contributed by atoms with Crippen LogP contribution in [0.25, 0.3) is 0 Å². The third kappa shape index (κ3) is 6.47. The molecule has 0 heterocycles. The smallest absolute Gasteiger partial charge is 0.261 e. The van der Waals surface area contributed by atoms with Gasteiger partial charge in [-0.25, -0.2) is 0 Å². The fourth-order valence-corrected chi connectivity index (χ4v) is 3.86. The Labute approximate surface area is 191 Å². The SMILES string of the molecule is CCNC(=O)[C@H](CC)N(Cc1ccccc1Cl)C(=O)COc1ccc(CC)cc1Br. The minimum atomic E-state index is -0.608. The predicted molar refractivity (Wildman–Crippen MR) is 124 cm³/mol. The molecule has 1 atom stereocenters. The van der Waals surface area contributed by atoms with E-state index in [9.17, 15) is 9.59 Å². The van der Waals surface area contributed by atoms with Crippen molar-refractivity contribution in [1.29, 1.82) is 0 Å². The Hall–Kier alpha value is -2.05. The first-order chi connectivity index (χ1) is 14.4. The number of nitrogens with zero attached hydrogens (tertiary/aromatic N) is 1. The highest BCUT2D eigenvalue weighted by Gasteiger charge is 2.29. The summed E-state index contributed by atoms with van der Waals surface area (Å²) in [5.41, 5.74) is 1.95. The number of ether oxygens (including phenoxy) is 1. The highest BCUT2D eigenvalue weighted by Crippen LogP contribution is 2.26. The first-order valence-electron chi connectivity index (χ1n) is 10.1. The minimum Gasteiger partial charge on any atom is -0.483 e. The number of aryl methyl sites for hydroxylation is 1. The van der Waals surface area contributed by atoms with Crippen molar-refractivity contribution in [3.8, 4) is 5.75 Å². The molecular formula is C23H28BrClN2O3. The molecule has 0 radical (unpaired) electrons. The second kappa shape index (κ2) is 12.0. The number of nitrogens with one attached hydrogen (secondary N) is 1. The van der Waals surface area contributed by atoms with Crippen LogP contribution in [0.2, 0.25) is 5.02 Å². The Bertz CT molecular complexity index is 875. The zero-order chi connectivity index (χ0) is 22.1. The van der Waals surface area contributed by atoms with Gasteiger partial charge in [0.1, 0.15) is 11.8 Å². The van der Waals surface area contributed by atoms with E-state index in [1.807, 2.05) is 50.2 Å². The van der Waals surface area contributed by atoms with E-state index < -0.39 is 6.04 Å². The molecule has 0 aliphatic rings. The second-order valence-electron chi connectivity index (χ2n) is 6.84. The van der Waals surface area contributed by atoms with Crippen molar-refractivity contribution in [3.63, 3.8) is 0 Å². The summed E-state index contributed by atoms with van der Waals surface area (Å²) in [4.78, 5) is 27.3. The zero-order valence-corrected chi connectivity index (χ0v) is 19.9. The number of benzene rings is 2. The average Bonchev–Trinajstić information content (AvgIpc) is 2.74. The monoisotopic (exact) mass is 494 g/mol. The Morgan fingerprint density at radius 2 is 1.90 bits per heavy atom. The molecule has 0 unspecified atom stereocenters. The first kappa shape index (κ1) is 24.2. The van der Waals surface area contributed by atoms with Gasteiger partial charge in [0.05, 0.1) is 4.47 Å². The lowest BCUT2D eigenvalue weighted by molar-refractivity contribution is -0.142. The highest BCUT2D eigenvalue weighted by atomic mass is 79.9. The molecule has 0 aromatic heterocycles. The van der Waals surface area contributed by atoms with E-state index in [0.29, 0.717) is 23.7 Å². The Morgan fingerprint density at radius 1 is 1.17 bits per heavy atom. The number of carbonyl (C=O) groups excluding carboxylic acids is 2. The summed E-state index contributed by atoms with van der Waals surface area (Å²) in [6.45, 7) is 6.36. The molecule has 162 valence electrons. The van der Waals surface area contributed by atoms with Crippen LogP contribution in [-0.4, -0.2) is 35.9 Å². The fraction of sp³-hybridized carbons (Fsp3) is 0.391. The normalized spacial score (nSPS) is 11.6. The molecule has 0 bridgehead atoms. The lowest BCUT2D eigenvalue weighted by Crippen LogP contribution is -2.50. The van der Waals surface area contributed by atoms with Crippen molar-refractivity contribution in [3.05, 3.63) is 63.1 Å². The van der Waals surface area contributed by atoms with Gasteiger partial charge in [-0.15, -0.1) is 0 Å². The molecule has 0 saturated carbocycles. The molecule has 0 fully saturated rings. The van der Waals surface area contributed by atoms with Crippen molar-refractivity contribution in [2.75, 3.05) is 13.2 Å². The van der Waals surface area contributed by atoms with Crippen molar-refractivity contribution in [2.45, 2.75) is 46.2 Å². The van der Waals surface area contributed by atoms with Gasteiger partial charge in [-0.3, -0.25) is 9.59 Å². The molecule has 0 saturated heterocycles. The lowest BCUT2D eigenvalue weighted by Gasteiger charge is -2.30. The number of halogens is 2. The molecule has 1 N–H and O–H groups in total. The molecule has 5 nitrogen and oxygen atoms in total. The van der Waals surface area contributed by atoms with Crippen LogP contribution in [-0.2, 0) is 22.6 Å². The molecule has 2 rings (SSSR count). The highest BCUT2D eigenvalue weighted by molar-refractivity contribution is 9.10. The van der Waals surface area contributed by atoms with Gasteiger partial charge in [0, 0.05) is 18.1 Å². The number of amides is 2. The van der Waals surface area contributed by atoms with Crippen molar-refractivity contribution < 1.29 is 14.3 Å². The van der Waals surface area contributed by atoms with Gasteiger partial charge in [-0.2, -0.15) is 0 Å². The molecular weight excluding hydrogens is 468 g/mol. The predicted octanol–water partition coefficient (Wildman–Crippen LogP) is 4.99. The maximum Gasteiger partial charge on any atom is 0.261 e. The molecule has 0 aliphatic carbocycles. The van der Waals surface area contributed by atoms with Gasteiger partial charge in [0.25, 0.3) is 5.91 Å². The zero-order valence-electron chi connectivity index (χ0n) is 17.6. The van der Waals surface area contributed by atoms with Gasteiger partial charge in [-0.05, 0) is 65.0 Å². The van der Waals surface area contributed by atoms with Crippen LogP contribution in [0.15, 0.2) is 46.9 Å². The van der Waals surface area contributed by atoms with Crippen molar-refractivity contribution in [1.82, 2.24) is 10.2 Å². The van der Waals surface area contributed by atoms with E-state index in [2.05, 4.69) is 28.2 Å². The van der Waals surface area contributed by atoms with Crippen LogP contribution in [0.3, 0.4) is 0 Å². The summed E-state index contributed by atoms with van der Waals surface area (Å²) in [5.74, 6) is 0.123. The molecule has 30 heavy (non-hydrogen) atoms. The maximum absolute atomic E-state index is 13.1. The molecule has 2 amide bonds. The molecule has 7 heteroatoms. The summed E-state index contributed by atoms with van der Waals surface area (Å²) in [5, 5.41) is 3.37. The van der Waals surface area contributed by atoms with E-state index >= 15 is 0 Å². The second-order valence-corrected chi connectivity index (χ2v) is 8.10. The van der Waals surface area contributed by atoms with Gasteiger partial charge in [-0.1, -0.05) is 49.7 Å². The Morgan fingerprint density at radius 3 is 2.50 bits per heavy atom. The Balaban J connectivity index is 2.22. The number of hydrogen-bond acceptors (Lipinski definition) is 3. The summed E-state index contributed by atoms with van der Waals surface area (Å²) < 4.78 is 6.57. The van der Waals surface area contributed by atoms with Crippen LogP contribution in [0.5, 0.6) is 5.75 Å². The molecule has 0 aliphatic heterocycles. The summed E-state index contributed by atoms with van der Waals surface area (Å²) >= 11 is 9.80. The van der Waals surface area contributed by atoms with Crippen LogP contribution in [0, 0.1) is 0 Å². The minimum absolute atomic E-state index is 0.176. The van der Waals surface area contributed by atoms with E-state index in [0.717, 1.165) is 16.5 Å². The van der Waals surface area contributed by atoms with Crippen LogP contribution in [0.4, 0.5) is 0 Å². The van der Waals surface area contributed by atoms with Gasteiger partial charge in [0.2, 0.25) is 5.91 Å². The van der Waals surface area contributed by atoms with E-state index in [1.54, 1.807) is 11.0 Å². The van der Waals surface area contributed by atoms with Crippen molar-refractivity contribution >= 4 is 39.3 Å². The van der Waals surface area contributed by atoms with Crippen LogP contribution < -0.4 is 10.1 Å². The standard InChI is InChI=1S/C23H28BrClN2O3/c1-4-16-11-12-21(18(24)13-16)30-15-22(28)27(20(5-2)23(29)26-6-3)14-17-9-7-8-10-19(17)25/h7-13,20H,4-6,14-15H2,1-3H3,(H,26,29)/t20-/m0/s1. The van der Waals surface area contributed by atoms with Gasteiger partial charge >= 0.3 is 0 Å². The topological polar surface area (TPSA) is 58.6 Å². The summed E-state index contributed by atoms with van der Waals surface area (Å²) in [6.07, 6.45) is 1.39. The summed E-state index contributed by atoms with van der Waals surface area (Å²) in [6, 6.07) is 12.5. The number of carbonyl (C=O) groups is 2. The van der Waals surface area contributed by atoms with Gasteiger partial charge < -0.3 is 15.0 Å². The lowest BCUT2D eigenvalue weighted by atomic mass is 10.1. The third-order valence-corrected chi connectivity index (χ3v) is 5.78. The Kier molecular flexibility index (Phi) is 9.66. The average molecular weight is 496 g/mol. The van der Waals surface area contributed by atoms with E-state index in [4.69, 9.17) is 16.3 Å². The van der Waals surface area contributed by atoms with Gasteiger partial charge in [0.15, 0.2) is 6.61 Å². The quantitative estimate of drug-likeness (QED) is 0.505. The van der Waals surface area contributed by atoms with Crippen LogP contribution >= 0.6 is 27.5 Å². The van der Waals surface area contributed by atoms with E-state index in [1.165, 1.54) is 5.56 Å². The van der Waals surface area contributed by atoms with Crippen molar-refractivity contribution in [2.24, 2.45) is 0 Å². The first-order valence-corrected chi connectivity index (χ1v) is 11.3. The summed E-state index contributed by atoms with van der Waals surface area (Å²) in [7, 11) is 0. The third-order valence-electron chi connectivity index (χ3n) is 4.79. The number of rotatable bonds is 10. The fourth-order valence-electron chi connectivity index (χ4n) is 3.13. The molecule has 2 aromatic carbocycles. The largest absolute Gasteiger partial charge is 0.483 e.